The zero-order valence-corrected chi connectivity index (χ0v) is 14.2. The zero-order valence-electron chi connectivity index (χ0n) is 13.4. The SMILES string of the molecule is COc1ccc(Cl)cc1-c1[nH]ncc1NC(=O)c1n[nH]c2cncnc12. The minimum atomic E-state index is -0.432. The smallest absolute Gasteiger partial charge is 0.278 e. The van der Waals surface area contributed by atoms with Gasteiger partial charge in [-0.3, -0.25) is 15.0 Å². The Bertz CT molecular complexity index is 1100. The van der Waals surface area contributed by atoms with Crippen molar-refractivity contribution in [1.29, 1.82) is 0 Å². The first-order chi connectivity index (χ1) is 12.7. The number of aromatic nitrogens is 6. The molecule has 0 aliphatic heterocycles. The third-order valence-electron chi connectivity index (χ3n) is 3.76. The van der Waals surface area contributed by atoms with Crippen LogP contribution in [0.2, 0.25) is 5.02 Å². The first-order valence-corrected chi connectivity index (χ1v) is 7.88. The van der Waals surface area contributed by atoms with E-state index in [4.69, 9.17) is 16.3 Å². The van der Waals surface area contributed by atoms with Crippen LogP contribution in [0.25, 0.3) is 22.3 Å². The molecule has 0 saturated carbocycles. The highest BCUT2D eigenvalue weighted by atomic mass is 35.5. The van der Waals surface area contributed by atoms with Crippen LogP contribution in [0.4, 0.5) is 5.69 Å². The van der Waals surface area contributed by atoms with Crippen molar-refractivity contribution in [1.82, 2.24) is 30.4 Å². The van der Waals surface area contributed by atoms with Crippen molar-refractivity contribution in [2.75, 3.05) is 12.4 Å². The monoisotopic (exact) mass is 369 g/mol. The number of nitrogens with zero attached hydrogens (tertiary/aromatic N) is 4. The Hall–Kier alpha value is -3.46. The lowest BCUT2D eigenvalue weighted by Crippen LogP contribution is -2.13. The molecule has 1 aromatic carbocycles. The Kier molecular flexibility index (Phi) is 3.98. The van der Waals surface area contributed by atoms with Crippen LogP contribution in [0.5, 0.6) is 5.75 Å². The number of hydrogen-bond donors (Lipinski definition) is 3. The second kappa shape index (κ2) is 6.45. The molecule has 1 amide bonds. The summed E-state index contributed by atoms with van der Waals surface area (Å²) in [4.78, 5) is 20.6. The number of aromatic amines is 2. The van der Waals surface area contributed by atoms with Gasteiger partial charge in [0.1, 0.15) is 23.1 Å². The van der Waals surface area contributed by atoms with Crippen molar-refractivity contribution in [2.24, 2.45) is 0 Å². The molecule has 3 aromatic heterocycles. The van der Waals surface area contributed by atoms with E-state index in [9.17, 15) is 4.79 Å². The van der Waals surface area contributed by atoms with Crippen LogP contribution in [0.15, 0.2) is 36.9 Å². The third-order valence-corrected chi connectivity index (χ3v) is 3.99. The van der Waals surface area contributed by atoms with Gasteiger partial charge in [-0.25, -0.2) is 9.97 Å². The van der Waals surface area contributed by atoms with Crippen LogP contribution in [-0.2, 0) is 0 Å². The zero-order chi connectivity index (χ0) is 18.1. The molecule has 0 spiro atoms. The van der Waals surface area contributed by atoms with Gasteiger partial charge in [0.15, 0.2) is 5.69 Å². The van der Waals surface area contributed by atoms with E-state index in [-0.39, 0.29) is 5.69 Å². The average Bonchev–Trinajstić information content (AvgIpc) is 3.28. The molecule has 0 atom stereocenters. The number of nitrogens with one attached hydrogen (secondary N) is 3. The standard InChI is InChI=1S/C16H12ClN7O2/c1-26-12-3-2-8(17)4-9(12)13-10(6-20-23-13)21-16(25)15-14-11(22-24-15)5-18-7-19-14/h2-7H,1H3,(H,20,23)(H,21,25)(H,22,24). The van der Waals surface area contributed by atoms with E-state index in [1.807, 2.05) is 0 Å². The molecule has 26 heavy (non-hydrogen) atoms. The first kappa shape index (κ1) is 16.0. The van der Waals surface area contributed by atoms with Crippen LogP contribution in [0.1, 0.15) is 10.5 Å². The summed E-state index contributed by atoms with van der Waals surface area (Å²) < 4.78 is 5.36. The number of carbonyl (C=O) groups excluding carboxylic acids is 1. The Morgan fingerprint density at radius 2 is 2.15 bits per heavy atom. The highest BCUT2D eigenvalue weighted by Gasteiger charge is 2.19. The number of benzene rings is 1. The summed E-state index contributed by atoms with van der Waals surface area (Å²) >= 11 is 6.09. The van der Waals surface area contributed by atoms with Crippen molar-refractivity contribution in [2.45, 2.75) is 0 Å². The molecule has 9 nitrogen and oxygen atoms in total. The van der Waals surface area contributed by atoms with E-state index >= 15 is 0 Å². The fourth-order valence-electron chi connectivity index (χ4n) is 2.57. The summed E-state index contributed by atoms with van der Waals surface area (Å²) in [6.45, 7) is 0. The molecular formula is C16H12ClN7O2. The summed E-state index contributed by atoms with van der Waals surface area (Å²) in [5, 5.41) is 16.9. The minimum absolute atomic E-state index is 0.160. The van der Waals surface area contributed by atoms with E-state index in [2.05, 4.69) is 35.7 Å². The van der Waals surface area contributed by atoms with Gasteiger partial charge in [-0.15, -0.1) is 0 Å². The fourth-order valence-corrected chi connectivity index (χ4v) is 2.74. The number of halogens is 1. The molecule has 0 radical (unpaired) electrons. The number of fused-ring (bicyclic) bond motifs is 1. The summed E-state index contributed by atoms with van der Waals surface area (Å²) in [7, 11) is 1.55. The van der Waals surface area contributed by atoms with E-state index in [0.29, 0.717) is 38.8 Å². The second-order valence-corrected chi connectivity index (χ2v) is 5.75. The van der Waals surface area contributed by atoms with Crippen LogP contribution >= 0.6 is 11.6 Å². The molecule has 3 heterocycles. The molecule has 0 fully saturated rings. The van der Waals surface area contributed by atoms with Crippen LogP contribution in [0.3, 0.4) is 0 Å². The van der Waals surface area contributed by atoms with Crippen molar-refractivity contribution in [3.63, 3.8) is 0 Å². The van der Waals surface area contributed by atoms with Crippen molar-refractivity contribution in [3.8, 4) is 17.0 Å². The van der Waals surface area contributed by atoms with Crippen LogP contribution in [0, 0.1) is 0 Å². The summed E-state index contributed by atoms with van der Waals surface area (Å²) in [5.41, 5.74) is 2.85. The quantitative estimate of drug-likeness (QED) is 0.508. The lowest BCUT2D eigenvalue weighted by atomic mass is 10.1. The number of amides is 1. The molecule has 0 saturated heterocycles. The Balaban J connectivity index is 1.70. The highest BCUT2D eigenvalue weighted by molar-refractivity contribution is 6.31. The lowest BCUT2D eigenvalue weighted by molar-refractivity contribution is 0.102. The molecule has 0 unspecified atom stereocenters. The maximum absolute atomic E-state index is 12.6. The third kappa shape index (κ3) is 2.74. The molecule has 130 valence electrons. The predicted molar refractivity (Wildman–Crippen MR) is 95.2 cm³/mol. The lowest BCUT2D eigenvalue weighted by Gasteiger charge is -2.09. The summed E-state index contributed by atoms with van der Waals surface area (Å²) in [6, 6.07) is 5.18. The Morgan fingerprint density at radius 1 is 1.27 bits per heavy atom. The van der Waals surface area contributed by atoms with Gasteiger partial charge in [-0.05, 0) is 18.2 Å². The summed E-state index contributed by atoms with van der Waals surface area (Å²) in [5.74, 6) is 0.158. The predicted octanol–water partition coefficient (Wildman–Crippen LogP) is 2.66. The topological polar surface area (TPSA) is 121 Å². The molecule has 10 heteroatoms. The highest BCUT2D eigenvalue weighted by Crippen LogP contribution is 2.35. The normalized spacial score (nSPS) is 10.8. The molecule has 0 bridgehead atoms. The van der Waals surface area contributed by atoms with E-state index in [1.165, 1.54) is 12.5 Å². The Labute approximate surface area is 151 Å². The number of H-pyrrole nitrogens is 2. The van der Waals surface area contributed by atoms with E-state index in [0.717, 1.165) is 0 Å². The number of ether oxygens (including phenoxy) is 1. The molecule has 3 N–H and O–H groups in total. The molecule has 0 aliphatic carbocycles. The maximum Gasteiger partial charge on any atom is 0.278 e. The molecular weight excluding hydrogens is 358 g/mol. The van der Waals surface area contributed by atoms with Gasteiger partial charge >= 0.3 is 0 Å². The molecule has 4 aromatic rings. The largest absolute Gasteiger partial charge is 0.496 e. The average molecular weight is 370 g/mol. The number of carbonyl (C=O) groups is 1. The minimum Gasteiger partial charge on any atom is -0.496 e. The van der Waals surface area contributed by atoms with E-state index in [1.54, 1.807) is 31.5 Å². The van der Waals surface area contributed by atoms with Crippen molar-refractivity contribution < 1.29 is 9.53 Å². The maximum atomic E-state index is 12.6. The molecule has 4 rings (SSSR count). The van der Waals surface area contributed by atoms with Gasteiger partial charge in [0.05, 0.1) is 30.9 Å². The van der Waals surface area contributed by atoms with Crippen molar-refractivity contribution in [3.05, 3.63) is 47.6 Å². The number of anilines is 1. The second-order valence-electron chi connectivity index (χ2n) is 5.31. The first-order valence-electron chi connectivity index (χ1n) is 7.50. The van der Waals surface area contributed by atoms with Gasteiger partial charge in [-0.2, -0.15) is 10.2 Å². The Morgan fingerprint density at radius 3 is 3.00 bits per heavy atom. The number of methoxy groups -OCH3 is 1. The number of hydrogen-bond acceptors (Lipinski definition) is 6. The van der Waals surface area contributed by atoms with Gasteiger partial charge in [0.25, 0.3) is 5.91 Å². The number of rotatable bonds is 4. The van der Waals surface area contributed by atoms with Crippen molar-refractivity contribution >= 4 is 34.2 Å². The van der Waals surface area contributed by atoms with Crippen LogP contribution in [-0.4, -0.2) is 43.4 Å². The van der Waals surface area contributed by atoms with Gasteiger partial charge in [0, 0.05) is 10.6 Å². The van der Waals surface area contributed by atoms with Gasteiger partial charge in [0.2, 0.25) is 0 Å². The van der Waals surface area contributed by atoms with Gasteiger partial charge in [-0.1, -0.05) is 11.6 Å². The fraction of sp³-hybridized carbons (Fsp3) is 0.0625. The van der Waals surface area contributed by atoms with Crippen LogP contribution < -0.4 is 10.1 Å². The summed E-state index contributed by atoms with van der Waals surface area (Å²) in [6.07, 6.45) is 4.40. The van der Waals surface area contributed by atoms with E-state index < -0.39 is 5.91 Å². The molecule has 0 aliphatic rings. The van der Waals surface area contributed by atoms with Gasteiger partial charge < -0.3 is 10.1 Å².